The van der Waals surface area contributed by atoms with Gasteiger partial charge in [0, 0.05) is 38.3 Å². The largest absolute Gasteiger partial charge is 0.456 e. The van der Waals surface area contributed by atoms with Crippen LogP contribution in [0.25, 0.3) is 66.1 Å². The molecule has 0 unspecified atom stereocenters. The lowest BCUT2D eigenvalue weighted by Gasteiger charge is -2.28. The van der Waals surface area contributed by atoms with Crippen LogP contribution in [0.5, 0.6) is 0 Å². The lowest BCUT2D eigenvalue weighted by Crippen LogP contribution is -2.16. The van der Waals surface area contributed by atoms with Gasteiger partial charge in [-0.1, -0.05) is 117 Å². The van der Waals surface area contributed by atoms with Crippen molar-refractivity contribution in [3.63, 3.8) is 0 Å². The Morgan fingerprint density at radius 1 is 0.458 bits per heavy atom. The highest BCUT2D eigenvalue weighted by Gasteiger charge is 2.36. The van der Waals surface area contributed by atoms with E-state index < -0.39 is 0 Å². The Morgan fingerprint density at radius 3 is 2.00 bits per heavy atom. The highest BCUT2D eigenvalue weighted by Crippen LogP contribution is 2.51. The lowest BCUT2D eigenvalue weighted by molar-refractivity contribution is 0.660. The Kier molecular flexibility index (Phi) is 5.63. The molecule has 9 aromatic rings. The second-order valence-electron chi connectivity index (χ2n) is 13.3. The van der Waals surface area contributed by atoms with E-state index in [1.165, 1.54) is 22.3 Å². The van der Waals surface area contributed by atoms with Gasteiger partial charge in [-0.2, -0.15) is 0 Å². The number of nitrogens with zero attached hydrogens (tertiary/aromatic N) is 1. The van der Waals surface area contributed by atoms with E-state index in [9.17, 15) is 0 Å². The standard InChI is InChI=1S/C45H31NO2/c1-45(2)37-20-10-9-17-32(37)33-24-23-30(25-38(33)45)46(29-15-7-4-8-16-29)39-21-11-19-34-35-26-42-36(27-41(35)48-44(34)39)43-31(18-12-22-40(43)47-42)28-13-5-3-6-14-28/h3-27H,1-2H3. The van der Waals surface area contributed by atoms with Gasteiger partial charge in [0.25, 0.3) is 0 Å². The summed E-state index contributed by atoms with van der Waals surface area (Å²) in [5.41, 5.74) is 14.1. The van der Waals surface area contributed by atoms with Crippen molar-refractivity contribution >= 4 is 60.9 Å². The van der Waals surface area contributed by atoms with E-state index in [2.05, 4.69) is 158 Å². The third-order valence-corrected chi connectivity index (χ3v) is 10.3. The SMILES string of the molecule is CC1(C)c2ccccc2-c2ccc(N(c3ccccc3)c3cccc4c3oc3cc5c(cc34)oc3cccc(-c4ccccc4)c35)cc21. The van der Waals surface area contributed by atoms with E-state index in [0.717, 1.165) is 72.1 Å². The molecular weight excluding hydrogens is 587 g/mol. The third kappa shape index (κ3) is 3.82. The van der Waals surface area contributed by atoms with E-state index in [4.69, 9.17) is 8.83 Å². The first-order chi connectivity index (χ1) is 23.6. The van der Waals surface area contributed by atoms with Gasteiger partial charge >= 0.3 is 0 Å². The summed E-state index contributed by atoms with van der Waals surface area (Å²) in [6.07, 6.45) is 0. The Morgan fingerprint density at radius 2 is 1.15 bits per heavy atom. The molecule has 7 aromatic carbocycles. The zero-order valence-electron chi connectivity index (χ0n) is 26.7. The summed E-state index contributed by atoms with van der Waals surface area (Å²) in [5.74, 6) is 0. The Bertz CT molecular complexity index is 2700. The molecule has 2 aromatic heterocycles. The molecule has 0 aliphatic heterocycles. The molecule has 3 heteroatoms. The van der Waals surface area contributed by atoms with Crippen LogP contribution in [0.4, 0.5) is 17.1 Å². The van der Waals surface area contributed by atoms with Crippen LogP contribution in [0, 0.1) is 0 Å². The molecule has 2 heterocycles. The van der Waals surface area contributed by atoms with E-state index in [0.29, 0.717) is 0 Å². The molecular formula is C45H31NO2. The summed E-state index contributed by atoms with van der Waals surface area (Å²) in [5, 5.41) is 4.26. The number of hydrogen-bond donors (Lipinski definition) is 0. The zero-order chi connectivity index (χ0) is 32.0. The average Bonchev–Trinajstić information content (AvgIpc) is 3.76. The monoisotopic (exact) mass is 617 g/mol. The highest BCUT2D eigenvalue weighted by molar-refractivity contribution is 6.19. The quantitative estimate of drug-likeness (QED) is 0.197. The zero-order valence-corrected chi connectivity index (χ0v) is 26.7. The van der Waals surface area contributed by atoms with Gasteiger partial charge in [0.05, 0.1) is 5.69 Å². The van der Waals surface area contributed by atoms with E-state index in [1.807, 2.05) is 12.1 Å². The minimum absolute atomic E-state index is 0.106. The van der Waals surface area contributed by atoms with Gasteiger partial charge in [0.2, 0.25) is 0 Å². The van der Waals surface area contributed by atoms with Crippen LogP contribution in [0.2, 0.25) is 0 Å². The topological polar surface area (TPSA) is 29.5 Å². The fourth-order valence-corrected chi connectivity index (χ4v) is 7.97. The van der Waals surface area contributed by atoms with Crippen molar-refractivity contribution in [3.05, 3.63) is 163 Å². The predicted molar refractivity (Wildman–Crippen MR) is 199 cm³/mol. The van der Waals surface area contributed by atoms with Crippen molar-refractivity contribution in [1.82, 2.24) is 0 Å². The molecule has 3 nitrogen and oxygen atoms in total. The molecule has 0 saturated carbocycles. The first kappa shape index (κ1) is 27.1. The van der Waals surface area contributed by atoms with Crippen LogP contribution in [0.15, 0.2) is 160 Å². The lowest BCUT2D eigenvalue weighted by atomic mass is 9.82. The first-order valence-corrected chi connectivity index (χ1v) is 16.5. The maximum Gasteiger partial charge on any atom is 0.159 e. The van der Waals surface area contributed by atoms with Crippen molar-refractivity contribution in [1.29, 1.82) is 0 Å². The number of para-hydroxylation sites is 2. The number of fused-ring (bicyclic) bond motifs is 9. The summed E-state index contributed by atoms with van der Waals surface area (Å²) in [4.78, 5) is 2.33. The van der Waals surface area contributed by atoms with E-state index in [-0.39, 0.29) is 5.41 Å². The second kappa shape index (κ2) is 9.97. The third-order valence-electron chi connectivity index (χ3n) is 10.3. The van der Waals surface area contributed by atoms with Crippen LogP contribution < -0.4 is 4.90 Å². The minimum Gasteiger partial charge on any atom is -0.456 e. The number of furan rings is 2. The fraction of sp³-hybridized carbons (Fsp3) is 0.0667. The highest BCUT2D eigenvalue weighted by atomic mass is 16.3. The number of anilines is 3. The van der Waals surface area contributed by atoms with Crippen molar-refractivity contribution in [2.75, 3.05) is 4.90 Å². The second-order valence-corrected chi connectivity index (χ2v) is 13.3. The molecule has 0 bridgehead atoms. The maximum atomic E-state index is 6.88. The minimum atomic E-state index is -0.106. The molecule has 0 atom stereocenters. The first-order valence-electron chi connectivity index (χ1n) is 16.5. The summed E-state index contributed by atoms with van der Waals surface area (Å²) in [6.45, 7) is 4.66. The van der Waals surface area contributed by atoms with Crippen molar-refractivity contribution < 1.29 is 8.83 Å². The van der Waals surface area contributed by atoms with Gasteiger partial charge in [-0.25, -0.2) is 0 Å². The molecule has 0 amide bonds. The summed E-state index contributed by atoms with van der Waals surface area (Å²) in [7, 11) is 0. The predicted octanol–water partition coefficient (Wildman–Crippen LogP) is 12.9. The fourth-order valence-electron chi connectivity index (χ4n) is 7.97. The van der Waals surface area contributed by atoms with Crippen LogP contribution in [-0.4, -0.2) is 0 Å². The van der Waals surface area contributed by atoms with Gasteiger partial charge in [-0.15, -0.1) is 0 Å². The summed E-state index contributed by atoms with van der Waals surface area (Å²) in [6, 6.07) is 53.8. The van der Waals surface area contributed by atoms with Crippen LogP contribution in [-0.2, 0) is 5.41 Å². The summed E-state index contributed by atoms with van der Waals surface area (Å²) < 4.78 is 13.4. The van der Waals surface area contributed by atoms with Crippen LogP contribution in [0.3, 0.4) is 0 Å². The van der Waals surface area contributed by atoms with Crippen molar-refractivity contribution in [3.8, 4) is 22.3 Å². The molecule has 228 valence electrons. The number of hydrogen-bond acceptors (Lipinski definition) is 3. The Balaban J connectivity index is 1.19. The smallest absolute Gasteiger partial charge is 0.159 e. The van der Waals surface area contributed by atoms with E-state index >= 15 is 0 Å². The van der Waals surface area contributed by atoms with Gasteiger partial charge in [-0.3, -0.25) is 0 Å². The molecule has 0 saturated heterocycles. The van der Waals surface area contributed by atoms with Crippen LogP contribution >= 0.6 is 0 Å². The molecule has 0 N–H and O–H groups in total. The number of benzene rings is 7. The Hall–Kier alpha value is -6.06. The Labute approximate surface area is 278 Å². The molecule has 0 radical (unpaired) electrons. The van der Waals surface area contributed by atoms with E-state index in [1.54, 1.807) is 0 Å². The van der Waals surface area contributed by atoms with Gasteiger partial charge in [-0.05, 0) is 81.9 Å². The van der Waals surface area contributed by atoms with Gasteiger partial charge in [0.1, 0.15) is 16.7 Å². The normalized spacial score (nSPS) is 13.4. The molecule has 1 aliphatic rings. The number of rotatable bonds is 4. The van der Waals surface area contributed by atoms with Gasteiger partial charge < -0.3 is 13.7 Å². The summed E-state index contributed by atoms with van der Waals surface area (Å²) >= 11 is 0. The average molecular weight is 618 g/mol. The molecule has 0 fully saturated rings. The maximum absolute atomic E-state index is 6.88. The van der Waals surface area contributed by atoms with Crippen LogP contribution in [0.1, 0.15) is 25.0 Å². The van der Waals surface area contributed by atoms with Gasteiger partial charge in [0.15, 0.2) is 5.58 Å². The van der Waals surface area contributed by atoms with Crippen molar-refractivity contribution in [2.45, 2.75) is 19.3 Å². The van der Waals surface area contributed by atoms with Crippen molar-refractivity contribution in [2.24, 2.45) is 0 Å². The molecule has 10 rings (SSSR count). The molecule has 48 heavy (non-hydrogen) atoms. The molecule has 0 spiro atoms. The molecule has 1 aliphatic carbocycles.